The topological polar surface area (TPSA) is 81.7 Å². The van der Waals surface area contributed by atoms with Gasteiger partial charge in [0.05, 0.1) is 19.3 Å². The van der Waals surface area contributed by atoms with Crippen LogP contribution in [0.1, 0.15) is 34.1 Å². The highest BCUT2D eigenvalue weighted by molar-refractivity contribution is 7.97. The van der Waals surface area contributed by atoms with E-state index in [2.05, 4.69) is 5.32 Å². The van der Waals surface area contributed by atoms with Crippen LogP contribution in [0.15, 0.2) is 91.0 Å². The summed E-state index contributed by atoms with van der Waals surface area (Å²) in [5, 5.41) is 5.30. The van der Waals surface area contributed by atoms with Gasteiger partial charge >= 0.3 is 12.1 Å². The van der Waals surface area contributed by atoms with E-state index in [1.165, 1.54) is 0 Å². The predicted molar refractivity (Wildman–Crippen MR) is 155 cm³/mol. The maximum absolute atomic E-state index is 14.6. The minimum absolute atomic E-state index is 0.0467. The summed E-state index contributed by atoms with van der Waals surface area (Å²) in [6.45, 7) is 4.55. The molecule has 0 aromatic heterocycles. The van der Waals surface area contributed by atoms with Crippen molar-refractivity contribution in [2.24, 2.45) is 5.92 Å². The van der Waals surface area contributed by atoms with Gasteiger partial charge in [-0.1, -0.05) is 105 Å². The first kappa shape index (κ1) is 28.9. The van der Waals surface area contributed by atoms with Crippen LogP contribution >= 0.6 is 6.89 Å². The first-order valence-electron chi connectivity index (χ1n) is 12.9. The number of rotatable bonds is 11. The summed E-state index contributed by atoms with van der Waals surface area (Å²) in [6.07, 6.45) is -0.364. The second-order valence-corrected chi connectivity index (χ2v) is 12.5. The van der Waals surface area contributed by atoms with Crippen LogP contribution in [0.5, 0.6) is 0 Å². The molecule has 0 saturated carbocycles. The smallest absolute Gasteiger partial charge is 0.407 e. The molecule has 3 rings (SSSR count). The summed E-state index contributed by atoms with van der Waals surface area (Å²) >= 11 is 0. The third kappa shape index (κ3) is 6.43. The average molecular weight is 534 g/mol. The monoisotopic (exact) mass is 533 g/mol. The first-order chi connectivity index (χ1) is 18.4. The molecule has 3 aromatic carbocycles. The Morgan fingerprint density at radius 2 is 1.13 bits per heavy atom. The van der Waals surface area contributed by atoms with E-state index in [0.29, 0.717) is 6.42 Å². The van der Waals surface area contributed by atoms with E-state index < -0.39 is 30.8 Å². The molecule has 38 heavy (non-hydrogen) atoms. The van der Waals surface area contributed by atoms with E-state index in [4.69, 9.17) is 9.47 Å². The lowest BCUT2D eigenvalue weighted by atomic mass is 9.98. The van der Waals surface area contributed by atoms with Gasteiger partial charge in [-0.2, -0.15) is 0 Å². The lowest BCUT2D eigenvalue weighted by Gasteiger charge is -2.32. The van der Waals surface area contributed by atoms with Crippen LogP contribution < -0.4 is 21.2 Å². The predicted octanol–water partition coefficient (Wildman–Crippen LogP) is 4.45. The summed E-state index contributed by atoms with van der Waals surface area (Å²) in [5.74, 6) is -1.08. The number of ketones is 1. The second kappa shape index (κ2) is 13.8. The molecule has 0 aliphatic carbocycles. The van der Waals surface area contributed by atoms with Gasteiger partial charge < -0.3 is 14.8 Å². The molecule has 3 aromatic rings. The summed E-state index contributed by atoms with van der Waals surface area (Å²) in [7, 11) is 0. The van der Waals surface area contributed by atoms with E-state index in [0.717, 1.165) is 15.9 Å². The standard InChI is InChI=1S/C31H36NO5P/c1-5-36-30(34)29(28(33)27(22-23(3)4)32-31(35)37-6-2)38(24-16-10-7-11-17-24,25-18-12-8-13-19-25)26-20-14-9-15-21-26/h7-21,23,27H,5-6,22H2,1-4H3,(H,32,35)/t27-/m0/s1. The van der Waals surface area contributed by atoms with Crippen molar-refractivity contribution in [2.75, 3.05) is 13.2 Å². The zero-order chi connectivity index (χ0) is 27.5. The van der Waals surface area contributed by atoms with Crippen molar-refractivity contribution in [3.05, 3.63) is 91.0 Å². The Morgan fingerprint density at radius 1 is 0.711 bits per heavy atom. The number of hydrogen-bond acceptors (Lipinski definition) is 5. The summed E-state index contributed by atoms with van der Waals surface area (Å²) < 4.78 is 10.7. The van der Waals surface area contributed by atoms with E-state index >= 15 is 0 Å². The van der Waals surface area contributed by atoms with Gasteiger partial charge in [0.2, 0.25) is 0 Å². The SMILES string of the molecule is CCOC(=O)N[C@@H](CC(C)C)C(=O)C(C(=O)OCC)=P(c1ccccc1)(c1ccccc1)c1ccccc1. The van der Waals surface area contributed by atoms with Gasteiger partial charge in [-0.15, -0.1) is 0 Å². The lowest BCUT2D eigenvalue weighted by Crippen LogP contribution is -2.49. The highest BCUT2D eigenvalue weighted by atomic mass is 31.2. The van der Waals surface area contributed by atoms with Crippen LogP contribution in [0.25, 0.3) is 0 Å². The average Bonchev–Trinajstić information content (AvgIpc) is 2.92. The van der Waals surface area contributed by atoms with Crippen molar-refractivity contribution in [1.82, 2.24) is 5.32 Å². The fourth-order valence-corrected chi connectivity index (χ4v) is 8.93. The molecule has 0 spiro atoms. The molecule has 0 fully saturated rings. The number of ether oxygens (including phenoxy) is 2. The molecule has 1 atom stereocenters. The van der Waals surface area contributed by atoms with Crippen molar-refractivity contribution in [2.45, 2.75) is 40.2 Å². The van der Waals surface area contributed by atoms with Gasteiger partial charge in [-0.3, -0.25) is 4.79 Å². The van der Waals surface area contributed by atoms with E-state index in [9.17, 15) is 14.4 Å². The third-order valence-corrected chi connectivity index (χ3v) is 10.4. The first-order valence-corrected chi connectivity index (χ1v) is 14.7. The van der Waals surface area contributed by atoms with Crippen LogP contribution in [0.2, 0.25) is 0 Å². The number of nitrogens with one attached hydrogen (secondary N) is 1. The number of esters is 1. The molecule has 6 nitrogen and oxygen atoms in total. The number of benzene rings is 3. The number of carbonyl (C=O) groups excluding carboxylic acids is 3. The van der Waals surface area contributed by atoms with Gasteiger partial charge in [-0.05, 0) is 49.0 Å². The molecule has 0 aliphatic rings. The van der Waals surface area contributed by atoms with Crippen LogP contribution in [0, 0.1) is 5.92 Å². The number of hydrogen-bond donors (Lipinski definition) is 1. The molecule has 1 N–H and O–H groups in total. The van der Waals surface area contributed by atoms with E-state index in [-0.39, 0.29) is 24.4 Å². The van der Waals surface area contributed by atoms with Crippen molar-refractivity contribution in [1.29, 1.82) is 0 Å². The minimum atomic E-state index is -3.06. The Hall–Kier alpha value is -3.63. The fourth-order valence-electron chi connectivity index (χ4n) is 4.57. The number of Topliss-reactive ketones (excluding diaryl/α,β-unsaturated/α-hetero) is 1. The lowest BCUT2D eigenvalue weighted by molar-refractivity contribution is -0.135. The maximum atomic E-state index is 14.6. The maximum Gasteiger partial charge on any atom is 0.407 e. The second-order valence-electron chi connectivity index (χ2n) is 9.16. The minimum Gasteiger partial charge on any atom is -0.462 e. The quantitative estimate of drug-likeness (QED) is 0.224. The highest BCUT2D eigenvalue weighted by Crippen LogP contribution is 2.47. The Labute approximate surface area is 225 Å². The zero-order valence-corrected chi connectivity index (χ0v) is 23.3. The van der Waals surface area contributed by atoms with Crippen LogP contribution in [-0.2, 0) is 19.1 Å². The van der Waals surface area contributed by atoms with Crippen LogP contribution in [-0.4, -0.2) is 42.4 Å². The highest BCUT2D eigenvalue weighted by Gasteiger charge is 2.40. The Balaban J connectivity index is 2.52. The number of carbonyl (C=O) groups is 3. The Bertz CT molecular complexity index is 1170. The molecule has 1 amide bonds. The van der Waals surface area contributed by atoms with Crippen LogP contribution in [0.4, 0.5) is 4.79 Å². The molecule has 7 heteroatoms. The third-order valence-electron chi connectivity index (χ3n) is 6.06. The van der Waals surface area contributed by atoms with Crippen molar-refractivity contribution < 1.29 is 23.9 Å². The van der Waals surface area contributed by atoms with Crippen molar-refractivity contribution >= 4 is 45.9 Å². The molecule has 0 radical (unpaired) electrons. The van der Waals surface area contributed by atoms with Gasteiger partial charge in [0, 0.05) is 0 Å². The van der Waals surface area contributed by atoms with Gasteiger partial charge in [0.25, 0.3) is 0 Å². The van der Waals surface area contributed by atoms with Crippen LogP contribution in [0.3, 0.4) is 0 Å². The fraction of sp³-hybridized carbons (Fsp3) is 0.290. The molecule has 0 heterocycles. The number of amides is 1. The molecule has 0 unspecified atom stereocenters. The Morgan fingerprint density at radius 3 is 1.50 bits per heavy atom. The molecule has 200 valence electrons. The molecular formula is C31H36NO5P. The molecule has 0 aliphatic heterocycles. The van der Waals surface area contributed by atoms with Gasteiger partial charge in [0.15, 0.2) is 5.78 Å². The van der Waals surface area contributed by atoms with E-state index in [1.54, 1.807) is 13.8 Å². The summed E-state index contributed by atoms with van der Waals surface area (Å²) in [5.41, 5.74) is 0. The van der Waals surface area contributed by atoms with Gasteiger partial charge in [-0.25, -0.2) is 9.59 Å². The van der Waals surface area contributed by atoms with Gasteiger partial charge in [0.1, 0.15) is 5.29 Å². The van der Waals surface area contributed by atoms with Crippen molar-refractivity contribution in [3.8, 4) is 0 Å². The summed E-state index contributed by atoms with van der Waals surface area (Å²) in [4.78, 5) is 41.1. The normalized spacial score (nSPS) is 11.9. The van der Waals surface area contributed by atoms with E-state index in [1.807, 2.05) is 105 Å². The molecular weight excluding hydrogens is 497 g/mol. The largest absolute Gasteiger partial charge is 0.462 e. The zero-order valence-electron chi connectivity index (χ0n) is 22.4. The summed E-state index contributed by atoms with van der Waals surface area (Å²) in [6, 6.07) is 27.9. The molecule has 0 saturated heterocycles. The van der Waals surface area contributed by atoms with Crippen molar-refractivity contribution in [3.63, 3.8) is 0 Å². The molecule has 0 bridgehead atoms. The Kier molecular flexibility index (Phi) is 10.5. The number of alkyl carbamates (subject to hydrolysis) is 1.